The number of halogens is 1. The number of hydrogen-bond acceptors (Lipinski definition) is 5. The van der Waals surface area contributed by atoms with Gasteiger partial charge in [0.05, 0.1) is 5.39 Å². The molecule has 0 unspecified atom stereocenters. The first kappa shape index (κ1) is 12.8. The third kappa shape index (κ3) is 2.18. The van der Waals surface area contributed by atoms with Crippen LogP contribution in [-0.2, 0) is 0 Å². The number of thiophene rings is 1. The predicted octanol–water partition coefficient (Wildman–Crippen LogP) is 3.92. The van der Waals surface area contributed by atoms with Gasteiger partial charge < -0.3 is 10.6 Å². The van der Waals surface area contributed by atoms with E-state index in [-0.39, 0.29) is 5.82 Å². The number of rotatable bonds is 3. The molecule has 6 heteroatoms. The lowest BCUT2D eigenvalue weighted by molar-refractivity contribution is 0.619. The van der Waals surface area contributed by atoms with Gasteiger partial charge in [0.25, 0.3) is 0 Å². The summed E-state index contributed by atoms with van der Waals surface area (Å²) in [6.07, 6.45) is 0. The zero-order valence-corrected chi connectivity index (χ0v) is 11.9. The fourth-order valence-corrected chi connectivity index (χ4v) is 2.70. The Morgan fingerprint density at radius 3 is 2.85 bits per heavy atom. The molecular weight excluding hydrogens is 275 g/mol. The van der Waals surface area contributed by atoms with E-state index in [2.05, 4.69) is 20.6 Å². The lowest BCUT2D eigenvalue weighted by Gasteiger charge is -2.11. The summed E-state index contributed by atoms with van der Waals surface area (Å²) < 4.78 is 13.6. The fourth-order valence-electron chi connectivity index (χ4n) is 1.93. The molecule has 0 fully saturated rings. The quantitative estimate of drug-likeness (QED) is 0.767. The molecule has 0 radical (unpaired) electrons. The second kappa shape index (κ2) is 5.05. The average Bonchev–Trinajstić information content (AvgIpc) is 2.92. The third-order valence-corrected chi connectivity index (χ3v) is 3.88. The number of benzene rings is 1. The Kier molecular flexibility index (Phi) is 3.23. The van der Waals surface area contributed by atoms with E-state index in [1.165, 1.54) is 6.07 Å². The van der Waals surface area contributed by atoms with E-state index in [4.69, 9.17) is 0 Å². The molecule has 4 nitrogen and oxygen atoms in total. The lowest BCUT2D eigenvalue weighted by atomic mass is 10.2. The summed E-state index contributed by atoms with van der Waals surface area (Å²) in [6.45, 7) is 1.74. The number of nitrogens with zero attached hydrogens (tertiary/aromatic N) is 2. The Hall–Kier alpha value is -2.21. The molecule has 3 rings (SSSR count). The minimum absolute atomic E-state index is 0.237. The van der Waals surface area contributed by atoms with Crippen LogP contribution in [0.25, 0.3) is 10.2 Å². The van der Waals surface area contributed by atoms with Crippen LogP contribution in [-0.4, -0.2) is 17.0 Å². The molecule has 0 amide bonds. The molecule has 0 spiro atoms. The number of aromatic nitrogens is 2. The summed E-state index contributed by atoms with van der Waals surface area (Å²) in [6, 6.07) is 6.91. The number of hydrogen-bond donors (Lipinski definition) is 2. The molecule has 20 heavy (non-hydrogen) atoms. The number of fused-ring (bicyclic) bond motifs is 1. The summed E-state index contributed by atoms with van der Waals surface area (Å²) in [5.41, 5.74) is 1.28. The zero-order chi connectivity index (χ0) is 14.1. The van der Waals surface area contributed by atoms with Gasteiger partial charge in [0, 0.05) is 18.3 Å². The third-order valence-electron chi connectivity index (χ3n) is 3.07. The highest BCUT2D eigenvalue weighted by molar-refractivity contribution is 7.16. The van der Waals surface area contributed by atoms with Crippen molar-refractivity contribution in [2.45, 2.75) is 6.92 Å². The van der Waals surface area contributed by atoms with E-state index in [0.29, 0.717) is 23.0 Å². The number of anilines is 3. The fraction of sp³-hybridized carbons (Fsp3) is 0.143. The van der Waals surface area contributed by atoms with Crippen molar-refractivity contribution in [3.63, 3.8) is 0 Å². The Morgan fingerprint density at radius 1 is 1.20 bits per heavy atom. The van der Waals surface area contributed by atoms with E-state index in [0.717, 1.165) is 10.2 Å². The van der Waals surface area contributed by atoms with Crippen LogP contribution in [0.5, 0.6) is 0 Å². The number of nitrogens with one attached hydrogen (secondary N) is 2. The van der Waals surface area contributed by atoms with Crippen molar-refractivity contribution in [3.05, 3.63) is 41.0 Å². The standard InChI is InChI=1S/C14H13FN4S/c1-8-10(15)4-3-5-11(8)17-12-9-6-7-20-13(9)19-14(16-2)18-12/h3-7H,1-2H3,(H2,16,17,18,19). The van der Waals surface area contributed by atoms with Gasteiger partial charge in [-0.2, -0.15) is 4.98 Å². The van der Waals surface area contributed by atoms with Gasteiger partial charge in [0.2, 0.25) is 5.95 Å². The van der Waals surface area contributed by atoms with Crippen molar-refractivity contribution in [3.8, 4) is 0 Å². The van der Waals surface area contributed by atoms with Crippen LogP contribution in [0.3, 0.4) is 0 Å². The highest BCUT2D eigenvalue weighted by Gasteiger charge is 2.10. The Bertz CT molecular complexity index is 769. The summed E-state index contributed by atoms with van der Waals surface area (Å²) in [7, 11) is 1.77. The highest BCUT2D eigenvalue weighted by atomic mass is 32.1. The van der Waals surface area contributed by atoms with Crippen LogP contribution in [0.4, 0.5) is 21.8 Å². The highest BCUT2D eigenvalue weighted by Crippen LogP contribution is 2.30. The average molecular weight is 288 g/mol. The zero-order valence-electron chi connectivity index (χ0n) is 11.1. The van der Waals surface area contributed by atoms with Crippen LogP contribution >= 0.6 is 11.3 Å². The monoisotopic (exact) mass is 288 g/mol. The van der Waals surface area contributed by atoms with Crippen molar-refractivity contribution in [1.82, 2.24) is 9.97 Å². The normalized spacial score (nSPS) is 10.8. The molecule has 102 valence electrons. The molecule has 0 aliphatic rings. The molecule has 3 aromatic rings. The van der Waals surface area contributed by atoms with Gasteiger partial charge in [-0.15, -0.1) is 11.3 Å². The summed E-state index contributed by atoms with van der Waals surface area (Å²) in [5, 5.41) is 9.01. The van der Waals surface area contributed by atoms with Gasteiger partial charge in [-0.05, 0) is 30.5 Å². The summed E-state index contributed by atoms with van der Waals surface area (Å²) >= 11 is 1.54. The summed E-state index contributed by atoms with van der Waals surface area (Å²) in [4.78, 5) is 9.68. The van der Waals surface area contributed by atoms with Gasteiger partial charge in [-0.1, -0.05) is 6.07 Å². The molecule has 0 aliphatic heterocycles. The molecular formula is C14H13FN4S. The maximum atomic E-state index is 13.6. The molecule has 0 atom stereocenters. The first-order chi connectivity index (χ1) is 9.69. The smallest absolute Gasteiger partial charge is 0.225 e. The Labute approximate surface area is 119 Å². The van der Waals surface area contributed by atoms with Crippen LogP contribution in [0, 0.1) is 12.7 Å². The van der Waals surface area contributed by atoms with Crippen molar-refractivity contribution in [1.29, 1.82) is 0 Å². The molecule has 2 heterocycles. The Morgan fingerprint density at radius 2 is 2.05 bits per heavy atom. The minimum atomic E-state index is -0.237. The first-order valence-corrected chi connectivity index (χ1v) is 7.02. The molecule has 1 aromatic carbocycles. The van der Waals surface area contributed by atoms with E-state index in [1.807, 2.05) is 17.5 Å². The van der Waals surface area contributed by atoms with E-state index in [9.17, 15) is 4.39 Å². The maximum absolute atomic E-state index is 13.6. The van der Waals surface area contributed by atoms with Crippen LogP contribution in [0.2, 0.25) is 0 Å². The van der Waals surface area contributed by atoms with Gasteiger partial charge in [-0.3, -0.25) is 0 Å². The van der Waals surface area contributed by atoms with Crippen LogP contribution in [0.1, 0.15) is 5.56 Å². The van der Waals surface area contributed by atoms with Crippen LogP contribution in [0.15, 0.2) is 29.6 Å². The van der Waals surface area contributed by atoms with E-state index >= 15 is 0 Å². The van der Waals surface area contributed by atoms with Crippen LogP contribution < -0.4 is 10.6 Å². The minimum Gasteiger partial charge on any atom is -0.357 e. The second-order valence-electron chi connectivity index (χ2n) is 4.32. The van der Waals surface area contributed by atoms with Gasteiger partial charge >= 0.3 is 0 Å². The molecule has 0 bridgehead atoms. The first-order valence-electron chi connectivity index (χ1n) is 6.14. The summed E-state index contributed by atoms with van der Waals surface area (Å²) in [5.74, 6) is 0.977. The maximum Gasteiger partial charge on any atom is 0.225 e. The molecule has 0 saturated carbocycles. The Balaban J connectivity index is 2.10. The lowest BCUT2D eigenvalue weighted by Crippen LogP contribution is -2.02. The SMILES string of the molecule is CNc1nc(Nc2cccc(F)c2C)c2ccsc2n1. The van der Waals surface area contributed by atoms with Gasteiger partial charge in [0.15, 0.2) is 0 Å². The van der Waals surface area contributed by atoms with Crippen molar-refractivity contribution in [2.24, 2.45) is 0 Å². The van der Waals surface area contributed by atoms with E-state index < -0.39 is 0 Å². The van der Waals surface area contributed by atoms with Crippen molar-refractivity contribution < 1.29 is 4.39 Å². The van der Waals surface area contributed by atoms with Crippen molar-refractivity contribution in [2.75, 3.05) is 17.7 Å². The molecule has 0 saturated heterocycles. The molecule has 0 aliphatic carbocycles. The topological polar surface area (TPSA) is 49.8 Å². The molecule has 2 N–H and O–H groups in total. The van der Waals surface area contributed by atoms with Crippen molar-refractivity contribution >= 4 is 39.0 Å². The van der Waals surface area contributed by atoms with E-state index in [1.54, 1.807) is 31.4 Å². The molecule has 2 aromatic heterocycles. The predicted molar refractivity (Wildman–Crippen MR) is 81.4 cm³/mol. The van der Waals surface area contributed by atoms with Gasteiger partial charge in [-0.25, -0.2) is 9.37 Å². The largest absolute Gasteiger partial charge is 0.357 e. The van der Waals surface area contributed by atoms with Gasteiger partial charge in [0.1, 0.15) is 16.5 Å². The second-order valence-corrected chi connectivity index (χ2v) is 5.22.